The number of anilines is 1. The van der Waals surface area contributed by atoms with Gasteiger partial charge in [0.25, 0.3) is 10.0 Å². The average Bonchev–Trinajstić information content (AvgIpc) is 2.41. The topological polar surface area (TPSA) is 98.0 Å². The smallest absolute Gasteiger partial charge is 0.263 e. The molecule has 0 aliphatic heterocycles. The van der Waals surface area contributed by atoms with Gasteiger partial charge in [0.1, 0.15) is 4.60 Å². The van der Waals surface area contributed by atoms with Crippen molar-refractivity contribution in [1.29, 1.82) is 0 Å². The molecule has 21 heavy (non-hydrogen) atoms. The Balaban J connectivity index is 2.19. The standard InChI is InChI=1S/C12H11BrN4O2S2/c13-10-6-16-12(7-15-10)17-21(18,19)9-3-1-8(2-4-9)5-11(14)20/h1-4,6-7H,5H2,(H2,14,20)(H,16,17). The normalized spacial score (nSPS) is 11.1. The molecule has 0 fully saturated rings. The van der Waals surface area contributed by atoms with E-state index in [1.54, 1.807) is 12.1 Å². The van der Waals surface area contributed by atoms with Gasteiger partial charge >= 0.3 is 0 Å². The van der Waals surface area contributed by atoms with Crippen LogP contribution in [-0.4, -0.2) is 23.4 Å². The van der Waals surface area contributed by atoms with Crippen LogP contribution < -0.4 is 10.5 Å². The van der Waals surface area contributed by atoms with Crippen LogP contribution in [0.25, 0.3) is 0 Å². The minimum Gasteiger partial charge on any atom is -0.393 e. The van der Waals surface area contributed by atoms with Crippen LogP contribution in [0.3, 0.4) is 0 Å². The van der Waals surface area contributed by atoms with E-state index in [0.717, 1.165) is 5.56 Å². The van der Waals surface area contributed by atoms with Gasteiger partial charge in [-0.3, -0.25) is 4.72 Å². The number of nitrogens with zero attached hydrogens (tertiary/aromatic N) is 2. The van der Waals surface area contributed by atoms with Crippen molar-refractivity contribution >= 4 is 49.0 Å². The van der Waals surface area contributed by atoms with E-state index in [2.05, 4.69) is 30.6 Å². The van der Waals surface area contributed by atoms with Crippen LogP contribution in [0.4, 0.5) is 5.82 Å². The highest BCUT2D eigenvalue weighted by Crippen LogP contribution is 2.15. The Morgan fingerprint density at radius 1 is 1.24 bits per heavy atom. The van der Waals surface area contributed by atoms with Crippen LogP contribution in [0.2, 0.25) is 0 Å². The summed E-state index contributed by atoms with van der Waals surface area (Å²) in [7, 11) is -3.70. The van der Waals surface area contributed by atoms with E-state index in [0.29, 0.717) is 16.0 Å². The Kier molecular flexibility index (Phi) is 4.86. The number of nitrogens with one attached hydrogen (secondary N) is 1. The fourth-order valence-electron chi connectivity index (χ4n) is 1.55. The molecule has 0 aliphatic carbocycles. The molecular formula is C12H11BrN4O2S2. The number of thiocarbonyl (C=S) groups is 1. The van der Waals surface area contributed by atoms with Gasteiger partial charge in [-0.1, -0.05) is 24.4 Å². The van der Waals surface area contributed by atoms with Crippen molar-refractivity contribution in [3.05, 3.63) is 46.8 Å². The second kappa shape index (κ2) is 6.46. The first-order valence-corrected chi connectivity index (χ1v) is 8.43. The lowest BCUT2D eigenvalue weighted by molar-refractivity contribution is 0.601. The molecule has 110 valence electrons. The molecule has 1 aromatic carbocycles. The fourth-order valence-corrected chi connectivity index (χ4v) is 2.91. The Hall–Kier alpha value is -1.58. The monoisotopic (exact) mass is 386 g/mol. The summed E-state index contributed by atoms with van der Waals surface area (Å²) in [5.41, 5.74) is 6.30. The minimum absolute atomic E-state index is 0.124. The number of hydrogen-bond donors (Lipinski definition) is 2. The summed E-state index contributed by atoms with van der Waals surface area (Å²) in [6, 6.07) is 6.31. The van der Waals surface area contributed by atoms with Gasteiger partial charge in [-0.2, -0.15) is 0 Å². The van der Waals surface area contributed by atoms with Gasteiger partial charge in [0.2, 0.25) is 0 Å². The number of rotatable bonds is 5. The van der Waals surface area contributed by atoms with Crippen molar-refractivity contribution in [3.63, 3.8) is 0 Å². The SMILES string of the molecule is NC(=S)Cc1ccc(S(=O)(=O)Nc2cnc(Br)cn2)cc1. The summed E-state index contributed by atoms with van der Waals surface area (Å²) in [6.07, 6.45) is 3.16. The molecule has 1 heterocycles. The van der Waals surface area contributed by atoms with Crippen molar-refractivity contribution in [2.45, 2.75) is 11.3 Å². The summed E-state index contributed by atoms with van der Waals surface area (Å²) >= 11 is 7.94. The molecule has 9 heteroatoms. The lowest BCUT2D eigenvalue weighted by Gasteiger charge is -2.07. The molecule has 0 amide bonds. The molecule has 0 saturated heterocycles. The van der Waals surface area contributed by atoms with Gasteiger partial charge in [0.15, 0.2) is 5.82 Å². The maximum Gasteiger partial charge on any atom is 0.263 e. The predicted molar refractivity (Wildman–Crippen MR) is 87.5 cm³/mol. The highest BCUT2D eigenvalue weighted by atomic mass is 79.9. The Bertz CT molecular complexity index is 746. The zero-order valence-corrected chi connectivity index (χ0v) is 13.9. The summed E-state index contributed by atoms with van der Waals surface area (Å²) in [6.45, 7) is 0. The lowest BCUT2D eigenvalue weighted by atomic mass is 10.1. The number of nitrogens with two attached hydrogens (primary N) is 1. The minimum atomic E-state index is -3.70. The van der Waals surface area contributed by atoms with Crippen LogP contribution in [0, 0.1) is 0 Å². The first-order chi connectivity index (χ1) is 9.87. The molecule has 0 bridgehead atoms. The van der Waals surface area contributed by atoms with E-state index >= 15 is 0 Å². The van der Waals surface area contributed by atoms with Gasteiger partial charge in [0, 0.05) is 6.42 Å². The molecule has 0 spiro atoms. The van der Waals surface area contributed by atoms with Crippen LogP contribution in [0.1, 0.15) is 5.56 Å². The van der Waals surface area contributed by atoms with Crippen LogP contribution in [0.15, 0.2) is 46.2 Å². The summed E-state index contributed by atoms with van der Waals surface area (Å²) in [5, 5.41) is 0. The van der Waals surface area contributed by atoms with Gasteiger partial charge in [0.05, 0.1) is 22.3 Å². The zero-order chi connectivity index (χ0) is 15.5. The largest absolute Gasteiger partial charge is 0.393 e. The average molecular weight is 387 g/mol. The van der Waals surface area contributed by atoms with E-state index < -0.39 is 10.0 Å². The van der Waals surface area contributed by atoms with Crippen LogP contribution in [0.5, 0.6) is 0 Å². The molecular weight excluding hydrogens is 376 g/mol. The van der Waals surface area contributed by atoms with Crippen LogP contribution >= 0.6 is 28.1 Å². The summed E-state index contributed by atoms with van der Waals surface area (Å²) in [5.74, 6) is 0.144. The van der Waals surface area contributed by atoms with Gasteiger partial charge in [-0.25, -0.2) is 18.4 Å². The summed E-state index contributed by atoms with van der Waals surface area (Å²) < 4.78 is 27.2. The van der Waals surface area contributed by atoms with Crippen LogP contribution in [-0.2, 0) is 16.4 Å². The first kappa shape index (κ1) is 15.8. The highest BCUT2D eigenvalue weighted by Gasteiger charge is 2.14. The number of aromatic nitrogens is 2. The zero-order valence-electron chi connectivity index (χ0n) is 10.7. The number of sulfonamides is 1. The maximum absolute atomic E-state index is 12.2. The molecule has 0 saturated carbocycles. The molecule has 1 aromatic heterocycles. The number of hydrogen-bond acceptors (Lipinski definition) is 5. The second-order valence-corrected chi connectivity index (χ2v) is 7.14. The fraction of sp³-hybridized carbons (Fsp3) is 0.0833. The lowest BCUT2D eigenvalue weighted by Crippen LogP contribution is -2.14. The highest BCUT2D eigenvalue weighted by molar-refractivity contribution is 9.10. The van der Waals surface area contributed by atoms with E-state index in [4.69, 9.17) is 18.0 Å². The molecule has 0 radical (unpaired) electrons. The van der Waals surface area contributed by atoms with Crippen molar-refractivity contribution in [2.24, 2.45) is 5.73 Å². The van der Waals surface area contributed by atoms with E-state index in [9.17, 15) is 8.42 Å². The molecule has 2 aromatic rings. The van der Waals surface area contributed by atoms with Crippen molar-refractivity contribution in [1.82, 2.24) is 9.97 Å². The molecule has 6 nitrogen and oxygen atoms in total. The van der Waals surface area contributed by atoms with Gasteiger partial charge in [-0.05, 0) is 33.6 Å². The van der Waals surface area contributed by atoms with E-state index in [1.807, 2.05) is 0 Å². The predicted octanol–water partition coefficient (Wildman–Crippen LogP) is 1.87. The number of halogens is 1. The second-order valence-electron chi connectivity index (χ2n) is 4.12. The first-order valence-electron chi connectivity index (χ1n) is 5.74. The van der Waals surface area contributed by atoms with Crippen molar-refractivity contribution in [2.75, 3.05) is 4.72 Å². The Morgan fingerprint density at radius 3 is 2.43 bits per heavy atom. The number of benzene rings is 1. The third kappa shape index (κ3) is 4.45. The molecule has 0 atom stereocenters. The van der Waals surface area contributed by atoms with E-state index in [1.165, 1.54) is 24.5 Å². The molecule has 0 unspecified atom stereocenters. The Morgan fingerprint density at radius 2 is 1.90 bits per heavy atom. The maximum atomic E-state index is 12.2. The third-order valence-corrected chi connectivity index (χ3v) is 4.40. The Labute approximate surface area is 136 Å². The van der Waals surface area contributed by atoms with E-state index in [-0.39, 0.29) is 10.7 Å². The molecule has 3 N–H and O–H groups in total. The quantitative estimate of drug-likeness (QED) is 0.761. The van der Waals surface area contributed by atoms with Crippen molar-refractivity contribution < 1.29 is 8.42 Å². The molecule has 0 aliphatic rings. The van der Waals surface area contributed by atoms with Gasteiger partial charge < -0.3 is 5.73 Å². The van der Waals surface area contributed by atoms with Crippen molar-refractivity contribution in [3.8, 4) is 0 Å². The molecule has 2 rings (SSSR count). The third-order valence-electron chi connectivity index (χ3n) is 2.47. The summed E-state index contributed by atoms with van der Waals surface area (Å²) in [4.78, 5) is 8.29. The van der Waals surface area contributed by atoms with Gasteiger partial charge in [-0.15, -0.1) is 0 Å².